The first kappa shape index (κ1) is 41.8. The van der Waals surface area contributed by atoms with Gasteiger partial charge < -0.3 is 40.8 Å². The molecule has 1 aliphatic rings. The van der Waals surface area contributed by atoms with Crippen LogP contribution in [0.15, 0.2) is 132 Å². The lowest BCUT2D eigenvalue weighted by molar-refractivity contribution is -0.155. The van der Waals surface area contributed by atoms with Crippen LogP contribution in [0, 0.1) is 0 Å². The molecule has 0 radical (unpaired) electrons. The van der Waals surface area contributed by atoms with Gasteiger partial charge in [-0.2, -0.15) is 0 Å². The molecule has 0 saturated carbocycles. The molecule has 2 heterocycles. The van der Waals surface area contributed by atoms with Crippen LogP contribution in [0.1, 0.15) is 75.0 Å². The summed E-state index contributed by atoms with van der Waals surface area (Å²) in [5.74, 6) is -1.16. The van der Waals surface area contributed by atoms with Crippen LogP contribution in [0.2, 0.25) is 0 Å². The van der Waals surface area contributed by atoms with Crippen LogP contribution < -0.4 is 20.9 Å². The standard InChI is InChI=1S/C48H50N4O8/c53-42-20-18-39(40-19-21-44(55)51-45(40)42)43(54)30-49-29-32-14-16-35(17-15-32)46(56)50-24-7-27-60-37-11-6-10-36(28-37)48(59,47(57)58)41-13-5-4-12-38(41)34-22-25-52(26-23-34)31-33-8-2-1-3-9-33/h1-6,8-21,28,34,43,49,53-54,59H,7,22-27,29-31H2,(H,50,56)(H,51,55)(H,57,58)/t43-,48-/m0/s1. The van der Waals surface area contributed by atoms with Gasteiger partial charge in [-0.05, 0) is 96.9 Å². The van der Waals surface area contributed by atoms with Crippen molar-refractivity contribution in [1.82, 2.24) is 20.5 Å². The lowest BCUT2D eigenvalue weighted by atomic mass is 9.78. The number of aromatic hydroxyl groups is 1. The van der Waals surface area contributed by atoms with Crippen molar-refractivity contribution in [3.8, 4) is 11.5 Å². The van der Waals surface area contributed by atoms with E-state index >= 15 is 0 Å². The van der Waals surface area contributed by atoms with E-state index in [9.17, 15) is 34.8 Å². The Labute approximate surface area is 348 Å². The summed E-state index contributed by atoms with van der Waals surface area (Å²) in [6, 6.07) is 37.3. The van der Waals surface area contributed by atoms with E-state index in [1.165, 1.54) is 17.7 Å². The number of H-pyrrole nitrogens is 1. The van der Waals surface area contributed by atoms with E-state index in [0.29, 0.717) is 47.3 Å². The minimum atomic E-state index is -2.29. The molecule has 0 aliphatic carbocycles. The number of aliphatic carboxylic acids is 1. The zero-order valence-electron chi connectivity index (χ0n) is 33.2. The summed E-state index contributed by atoms with van der Waals surface area (Å²) in [6.07, 6.45) is 1.30. The molecule has 0 bridgehead atoms. The van der Waals surface area contributed by atoms with Gasteiger partial charge in [0.2, 0.25) is 11.2 Å². The molecule has 7 N–H and O–H groups in total. The summed E-state index contributed by atoms with van der Waals surface area (Å²) >= 11 is 0. The Hall–Kier alpha value is -6.31. The molecule has 1 saturated heterocycles. The number of nitrogens with zero attached hydrogens (tertiary/aromatic N) is 1. The number of hydrogen-bond acceptors (Lipinski definition) is 9. The normalized spacial score (nSPS) is 15.0. The molecule has 5 aromatic carbocycles. The van der Waals surface area contributed by atoms with E-state index in [0.717, 1.165) is 43.6 Å². The van der Waals surface area contributed by atoms with E-state index in [2.05, 4.69) is 32.7 Å². The van der Waals surface area contributed by atoms with Gasteiger partial charge in [0.05, 0.1) is 18.2 Å². The molecule has 1 aromatic heterocycles. The summed E-state index contributed by atoms with van der Waals surface area (Å²) in [7, 11) is 0. The highest BCUT2D eigenvalue weighted by Gasteiger charge is 2.43. The van der Waals surface area contributed by atoms with Gasteiger partial charge in [-0.25, -0.2) is 4.79 Å². The van der Waals surface area contributed by atoms with Crippen LogP contribution >= 0.6 is 0 Å². The topological polar surface area (TPSA) is 184 Å². The van der Waals surface area contributed by atoms with Gasteiger partial charge in [0.15, 0.2) is 0 Å². The molecule has 1 fully saturated rings. The fourth-order valence-electron chi connectivity index (χ4n) is 7.98. The molecule has 7 rings (SSSR count). The highest BCUT2D eigenvalue weighted by molar-refractivity contribution is 5.94. The fourth-order valence-corrected chi connectivity index (χ4v) is 7.98. The second kappa shape index (κ2) is 19.2. The number of nitrogens with one attached hydrogen (secondary N) is 3. The van der Waals surface area contributed by atoms with Gasteiger partial charge in [-0.15, -0.1) is 0 Å². The average Bonchev–Trinajstić information content (AvgIpc) is 3.27. The molecular formula is C48H50N4O8. The number of benzene rings is 5. The number of rotatable bonds is 17. The highest BCUT2D eigenvalue weighted by atomic mass is 16.5. The van der Waals surface area contributed by atoms with Gasteiger partial charge >= 0.3 is 5.97 Å². The molecule has 60 heavy (non-hydrogen) atoms. The number of fused-ring (bicyclic) bond motifs is 1. The number of aliphatic hydroxyl groups is 2. The number of carbonyl (C=O) groups excluding carboxylic acids is 1. The molecule has 0 spiro atoms. The van der Waals surface area contributed by atoms with Crippen molar-refractivity contribution in [1.29, 1.82) is 0 Å². The van der Waals surface area contributed by atoms with Crippen molar-refractivity contribution in [2.45, 2.75) is 50.0 Å². The number of phenolic OH excluding ortho intramolecular Hbond substituents is 1. The van der Waals surface area contributed by atoms with Gasteiger partial charge in [0.25, 0.3) is 5.91 Å². The van der Waals surface area contributed by atoms with Gasteiger partial charge in [0, 0.05) is 54.3 Å². The quantitative estimate of drug-likeness (QED) is 0.0543. The largest absolute Gasteiger partial charge is 0.506 e. The van der Waals surface area contributed by atoms with E-state index in [4.69, 9.17) is 4.74 Å². The van der Waals surface area contributed by atoms with E-state index in [1.807, 2.05) is 42.5 Å². The summed E-state index contributed by atoms with van der Waals surface area (Å²) in [5, 5.41) is 50.2. The maximum absolute atomic E-state index is 12.9. The zero-order valence-corrected chi connectivity index (χ0v) is 33.2. The number of carbonyl (C=O) groups is 2. The van der Waals surface area contributed by atoms with Gasteiger partial charge in [-0.1, -0.05) is 84.9 Å². The lowest BCUT2D eigenvalue weighted by Gasteiger charge is -2.35. The number of phenols is 1. The molecule has 0 unspecified atom stereocenters. The van der Waals surface area contributed by atoms with Crippen LogP contribution in [-0.2, 0) is 23.5 Å². The minimum absolute atomic E-state index is 0.0710. The Morgan fingerprint density at radius 3 is 2.38 bits per heavy atom. The van der Waals surface area contributed by atoms with E-state index in [1.54, 1.807) is 60.7 Å². The number of carboxylic acid groups (broad SMARTS) is 1. The summed E-state index contributed by atoms with van der Waals surface area (Å²) < 4.78 is 5.97. The Balaban J connectivity index is 0.880. The summed E-state index contributed by atoms with van der Waals surface area (Å²) in [6.45, 7) is 3.86. The average molecular weight is 811 g/mol. The molecule has 310 valence electrons. The predicted molar refractivity (Wildman–Crippen MR) is 229 cm³/mol. The molecule has 12 heteroatoms. The van der Waals surface area contributed by atoms with Crippen LogP contribution in [0.25, 0.3) is 10.9 Å². The van der Waals surface area contributed by atoms with Gasteiger partial charge in [-0.3, -0.25) is 14.5 Å². The van der Waals surface area contributed by atoms with Crippen LogP contribution in [0.4, 0.5) is 0 Å². The number of hydrogen-bond donors (Lipinski definition) is 7. The second-order valence-electron chi connectivity index (χ2n) is 15.3. The van der Waals surface area contributed by atoms with E-state index in [-0.39, 0.29) is 47.4 Å². The molecule has 2 atom stereocenters. The Bertz CT molecular complexity index is 2470. The number of aliphatic hydroxyl groups excluding tert-OH is 1. The Morgan fingerprint density at radius 1 is 0.867 bits per heavy atom. The Morgan fingerprint density at radius 2 is 1.62 bits per heavy atom. The van der Waals surface area contributed by atoms with Crippen LogP contribution in [0.3, 0.4) is 0 Å². The number of ether oxygens (including phenoxy) is 1. The Kier molecular flexibility index (Phi) is 13.4. The molecular weight excluding hydrogens is 761 g/mol. The second-order valence-corrected chi connectivity index (χ2v) is 15.3. The SMILES string of the molecule is O=C(NCCCOc1cccc([C@@](O)(C(=O)O)c2ccccc2C2CCN(Cc3ccccc3)CC2)c1)c1ccc(CNC[C@H](O)c2ccc(O)c3[nH]c(=O)ccc23)cc1. The van der Waals surface area contributed by atoms with Crippen molar-refractivity contribution in [2.75, 3.05) is 32.8 Å². The molecule has 12 nitrogen and oxygen atoms in total. The number of piperidine rings is 1. The smallest absolute Gasteiger partial charge is 0.345 e. The first-order valence-electron chi connectivity index (χ1n) is 20.3. The van der Waals surface area contributed by atoms with Gasteiger partial charge in [0.1, 0.15) is 11.5 Å². The van der Waals surface area contributed by atoms with Crippen molar-refractivity contribution < 1.29 is 34.8 Å². The number of pyridine rings is 1. The monoisotopic (exact) mass is 810 g/mol. The molecule has 1 amide bonds. The molecule has 1 aliphatic heterocycles. The van der Waals surface area contributed by atoms with Crippen molar-refractivity contribution >= 4 is 22.8 Å². The van der Waals surface area contributed by atoms with E-state index < -0.39 is 17.7 Å². The molecule has 6 aromatic rings. The number of likely N-dealkylation sites (tertiary alicyclic amines) is 1. The number of carboxylic acids is 1. The predicted octanol–water partition coefficient (Wildman–Crippen LogP) is 5.96. The van der Waals surface area contributed by atoms with Crippen molar-refractivity contribution in [3.05, 3.63) is 177 Å². The lowest BCUT2D eigenvalue weighted by Crippen LogP contribution is -2.39. The minimum Gasteiger partial charge on any atom is -0.506 e. The summed E-state index contributed by atoms with van der Waals surface area (Å²) in [5.41, 5.74) is 2.28. The van der Waals surface area contributed by atoms with Crippen molar-refractivity contribution in [3.63, 3.8) is 0 Å². The van der Waals surface area contributed by atoms with Crippen molar-refractivity contribution in [2.24, 2.45) is 0 Å². The third kappa shape index (κ3) is 9.75. The maximum Gasteiger partial charge on any atom is 0.345 e. The zero-order chi connectivity index (χ0) is 42.1. The first-order valence-corrected chi connectivity index (χ1v) is 20.3. The summed E-state index contributed by atoms with van der Waals surface area (Å²) in [4.78, 5) is 42.5. The van der Waals surface area contributed by atoms with Crippen LogP contribution in [0.5, 0.6) is 11.5 Å². The fraction of sp³-hybridized carbons (Fsp3) is 0.271. The number of aromatic nitrogens is 1. The first-order chi connectivity index (χ1) is 29.1. The number of amides is 1. The highest BCUT2D eigenvalue weighted by Crippen LogP contribution is 2.40. The number of aromatic amines is 1. The third-order valence-electron chi connectivity index (χ3n) is 11.2. The third-order valence-corrected chi connectivity index (χ3v) is 11.2. The maximum atomic E-state index is 12.9. The van der Waals surface area contributed by atoms with Crippen LogP contribution in [-0.4, -0.2) is 75.0 Å².